The Hall–Kier alpha value is -3.00. The van der Waals surface area contributed by atoms with Crippen LogP contribution in [-0.4, -0.2) is 25.5 Å². The quantitative estimate of drug-likeness (QED) is 0.531. The van der Waals surface area contributed by atoms with Crippen molar-refractivity contribution in [1.82, 2.24) is 19.5 Å². The van der Waals surface area contributed by atoms with E-state index in [9.17, 15) is 4.79 Å². The lowest BCUT2D eigenvalue weighted by molar-refractivity contribution is 0.0423. The van der Waals surface area contributed by atoms with Crippen molar-refractivity contribution in [2.45, 2.75) is 13.5 Å². The normalized spacial score (nSPS) is 11.0. The number of aromatic nitrogens is 4. The van der Waals surface area contributed by atoms with Gasteiger partial charge in [0.05, 0.1) is 0 Å². The molecule has 0 fully saturated rings. The highest BCUT2D eigenvalue weighted by Crippen LogP contribution is 2.19. The van der Waals surface area contributed by atoms with Gasteiger partial charge in [-0.3, -0.25) is 0 Å². The summed E-state index contributed by atoms with van der Waals surface area (Å²) in [6, 6.07) is 7.55. The van der Waals surface area contributed by atoms with Crippen molar-refractivity contribution in [3.8, 4) is 11.4 Å². The lowest BCUT2D eigenvalue weighted by atomic mass is 10.3. The number of hydrogen-bond acceptors (Lipinski definition) is 7. The number of carbonyl (C=O) groups is 1. The zero-order valence-electron chi connectivity index (χ0n) is 12.7. The molecule has 0 aromatic carbocycles. The third-order valence-electron chi connectivity index (χ3n) is 3.48. The van der Waals surface area contributed by atoms with E-state index in [0.717, 1.165) is 11.3 Å². The zero-order valence-corrected chi connectivity index (χ0v) is 13.5. The molecule has 0 unspecified atom stereocenters. The number of carbonyl (C=O) groups excluding carboxylic acids is 1. The van der Waals surface area contributed by atoms with Crippen molar-refractivity contribution < 1.29 is 14.1 Å². The average molecular weight is 340 g/mol. The van der Waals surface area contributed by atoms with Gasteiger partial charge in [0, 0.05) is 22.8 Å². The predicted molar refractivity (Wildman–Crippen MR) is 86.7 cm³/mol. The Bertz CT molecular complexity index is 1000. The second-order valence-electron chi connectivity index (χ2n) is 5.12. The highest BCUT2D eigenvalue weighted by Gasteiger charge is 2.15. The number of imidazole rings is 1. The molecule has 4 heterocycles. The number of esters is 1. The molecule has 7 nitrogen and oxygen atoms in total. The van der Waals surface area contributed by atoms with Gasteiger partial charge < -0.3 is 13.7 Å². The second-order valence-corrected chi connectivity index (χ2v) is 5.90. The molecule has 8 heteroatoms. The standard InChI is InChI=1S/C16H12N4O3S/c1-10-3-2-4-13-17-12(7-20(10)13)16(21)22-8-14-18-15(19-23-14)11-5-6-24-9-11/h2-7,9H,8H2,1H3. The van der Waals surface area contributed by atoms with Gasteiger partial charge in [-0.05, 0) is 30.5 Å². The Kier molecular flexibility index (Phi) is 3.58. The summed E-state index contributed by atoms with van der Waals surface area (Å²) in [7, 11) is 0. The van der Waals surface area contributed by atoms with Gasteiger partial charge in [-0.25, -0.2) is 9.78 Å². The van der Waals surface area contributed by atoms with Crippen molar-refractivity contribution in [3.63, 3.8) is 0 Å². The van der Waals surface area contributed by atoms with Gasteiger partial charge in [0.15, 0.2) is 12.3 Å². The van der Waals surface area contributed by atoms with Gasteiger partial charge in [0.2, 0.25) is 5.82 Å². The molecule has 0 N–H and O–H groups in total. The van der Waals surface area contributed by atoms with Gasteiger partial charge in [-0.1, -0.05) is 11.2 Å². The summed E-state index contributed by atoms with van der Waals surface area (Å²) >= 11 is 1.54. The van der Waals surface area contributed by atoms with Crippen LogP contribution < -0.4 is 0 Å². The van der Waals surface area contributed by atoms with E-state index in [1.165, 1.54) is 0 Å². The predicted octanol–water partition coefficient (Wildman–Crippen LogP) is 3.11. The van der Waals surface area contributed by atoms with Crippen LogP contribution >= 0.6 is 11.3 Å². The molecule has 0 aliphatic carbocycles. The SMILES string of the molecule is Cc1cccc2nc(C(=O)OCc3nc(-c4ccsc4)no3)cn12. The van der Waals surface area contributed by atoms with E-state index in [0.29, 0.717) is 11.5 Å². The molecule has 0 aliphatic heterocycles. The van der Waals surface area contributed by atoms with E-state index in [1.807, 2.05) is 46.4 Å². The minimum atomic E-state index is -0.534. The molecule has 0 aliphatic rings. The summed E-state index contributed by atoms with van der Waals surface area (Å²) in [6.45, 7) is 1.84. The first-order valence-electron chi connectivity index (χ1n) is 7.18. The summed E-state index contributed by atoms with van der Waals surface area (Å²) in [5.74, 6) is 0.184. The minimum Gasteiger partial charge on any atom is -0.451 e. The van der Waals surface area contributed by atoms with Gasteiger partial charge in [-0.15, -0.1) is 0 Å². The first-order valence-corrected chi connectivity index (χ1v) is 8.12. The van der Waals surface area contributed by atoms with Gasteiger partial charge in [-0.2, -0.15) is 16.3 Å². The Morgan fingerprint density at radius 3 is 3.04 bits per heavy atom. The van der Waals surface area contributed by atoms with Crippen LogP contribution in [0.3, 0.4) is 0 Å². The number of thiophene rings is 1. The number of nitrogens with zero attached hydrogens (tertiary/aromatic N) is 4. The molecule has 0 saturated carbocycles. The number of rotatable bonds is 4. The van der Waals surface area contributed by atoms with Crippen molar-refractivity contribution in [3.05, 3.63) is 58.5 Å². The lowest BCUT2D eigenvalue weighted by Gasteiger charge is -1.97. The molecule has 0 radical (unpaired) electrons. The van der Waals surface area contributed by atoms with Crippen molar-refractivity contribution in [2.75, 3.05) is 0 Å². The maximum absolute atomic E-state index is 12.1. The third kappa shape index (κ3) is 2.67. The summed E-state index contributed by atoms with van der Waals surface area (Å²) in [6.07, 6.45) is 1.65. The number of ether oxygens (including phenoxy) is 1. The fraction of sp³-hybridized carbons (Fsp3) is 0.125. The largest absolute Gasteiger partial charge is 0.451 e. The smallest absolute Gasteiger partial charge is 0.359 e. The van der Waals surface area contributed by atoms with Crippen LogP contribution in [0.2, 0.25) is 0 Å². The molecule has 24 heavy (non-hydrogen) atoms. The highest BCUT2D eigenvalue weighted by atomic mass is 32.1. The zero-order chi connectivity index (χ0) is 16.5. The minimum absolute atomic E-state index is 0.0944. The molecule has 4 aromatic rings. The van der Waals surface area contributed by atoms with E-state index in [2.05, 4.69) is 15.1 Å². The molecule has 4 aromatic heterocycles. The van der Waals surface area contributed by atoms with E-state index < -0.39 is 5.97 Å². The second kappa shape index (κ2) is 5.89. The first-order chi connectivity index (χ1) is 11.7. The first kappa shape index (κ1) is 14.6. The Labute approximate surface area is 140 Å². The van der Waals surface area contributed by atoms with Crippen molar-refractivity contribution >= 4 is 23.0 Å². The van der Waals surface area contributed by atoms with E-state index >= 15 is 0 Å². The maximum atomic E-state index is 12.1. The van der Waals surface area contributed by atoms with Crippen LogP contribution in [0.5, 0.6) is 0 Å². The molecule has 4 rings (SSSR count). The Morgan fingerprint density at radius 1 is 1.33 bits per heavy atom. The monoisotopic (exact) mass is 340 g/mol. The van der Waals surface area contributed by atoms with Crippen LogP contribution in [0.25, 0.3) is 17.0 Å². The lowest BCUT2D eigenvalue weighted by Crippen LogP contribution is -2.05. The summed E-state index contributed by atoms with van der Waals surface area (Å²) in [5, 5.41) is 7.71. The average Bonchev–Trinajstić information content (AvgIpc) is 3.31. The summed E-state index contributed by atoms with van der Waals surface area (Å²) < 4.78 is 12.1. The van der Waals surface area contributed by atoms with Gasteiger partial charge in [0.25, 0.3) is 5.89 Å². The number of fused-ring (bicyclic) bond motifs is 1. The van der Waals surface area contributed by atoms with Gasteiger partial charge in [0.1, 0.15) is 5.65 Å². The third-order valence-corrected chi connectivity index (χ3v) is 4.16. The van der Waals surface area contributed by atoms with Crippen LogP contribution in [0, 0.1) is 6.92 Å². The molecule has 0 spiro atoms. The van der Waals surface area contributed by atoms with Crippen molar-refractivity contribution in [2.24, 2.45) is 0 Å². The number of hydrogen-bond donors (Lipinski definition) is 0. The summed E-state index contributed by atoms with van der Waals surface area (Å²) in [5.41, 5.74) is 2.79. The van der Waals surface area contributed by atoms with Gasteiger partial charge >= 0.3 is 5.97 Å². The molecule has 0 atom stereocenters. The van der Waals surface area contributed by atoms with Crippen LogP contribution in [0.4, 0.5) is 0 Å². The van der Waals surface area contributed by atoms with E-state index in [1.54, 1.807) is 17.5 Å². The van der Waals surface area contributed by atoms with E-state index in [4.69, 9.17) is 9.26 Å². The molecule has 120 valence electrons. The molecule has 0 amide bonds. The van der Waals surface area contributed by atoms with Crippen LogP contribution in [0.1, 0.15) is 22.1 Å². The fourth-order valence-corrected chi connectivity index (χ4v) is 2.90. The van der Waals surface area contributed by atoms with Crippen molar-refractivity contribution in [1.29, 1.82) is 0 Å². The highest BCUT2D eigenvalue weighted by molar-refractivity contribution is 7.08. The summed E-state index contributed by atoms with van der Waals surface area (Å²) in [4.78, 5) is 20.6. The van der Waals surface area contributed by atoms with E-state index in [-0.39, 0.29) is 18.2 Å². The Morgan fingerprint density at radius 2 is 2.25 bits per heavy atom. The van der Waals surface area contributed by atoms with Crippen LogP contribution in [-0.2, 0) is 11.3 Å². The van der Waals surface area contributed by atoms with Crippen LogP contribution in [0.15, 0.2) is 45.7 Å². The molecular weight excluding hydrogens is 328 g/mol. The number of aryl methyl sites for hydroxylation is 1. The molecule has 0 bridgehead atoms. The fourth-order valence-electron chi connectivity index (χ4n) is 2.27. The topological polar surface area (TPSA) is 82.5 Å². The Balaban J connectivity index is 1.47. The maximum Gasteiger partial charge on any atom is 0.359 e. The molecule has 0 saturated heterocycles. The molecular formula is C16H12N4O3S. The number of pyridine rings is 1.